The molecule has 9 heteroatoms. The maximum Gasteiger partial charge on any atom is 0.251 e. The minimum Gasteiger partial charge on any atom is -0.352 e. The topological polar surface area (TPSA) is 115 Å². The molecule has 188 valence electrons. The first-order chi connectivity index (χ1) is 17.7. The van der Waals surface area contributed by atoms with E-state index in [4.69, 9.17) is 0 Å². The van der Waals surface area contributed by atoms with E-state index in [0.717, 1.165) is 48.8 Å². The molecule has 0 spiro atoms. The molecule has 0 unspecified atom stereocenters. The number of aryl methyl sites for hydroxylation is 1. The van der Waals surface area contributed by atoms with Crippen molar-refractivity contribution in [1.82, 2.24) is 40.5 Å². The number of aromatic amines is 2. The SMILES string of the molecule is Cc1cccnc1CNCCCCNC(=O)c1ccc(CN(Cc2ncc[nH]2)Cc2ncc[nH]2)cc1. The van der Waals surface area contributed by atoms with Crippen molar-refractivity contribution in [3.8, 4) is 0 Å². The second kappa shape index (κ2) is 13.3. The molecule has 1 amide bonds. The molecular formula is C27H34N8O. The van der Waals surface area contributed by atoms with Gasteiger partial charge in [-0.3, -0.25) is 14.7 Å². The van der Waals surface area contributed by atoms with Gasteiger partial charge in [0, 0.05) is 56.2 Å². The number of carbonyl (C=O) groups is 1. The van der Waals surface area contributed by atoms with E-state index in [-0.39, 0.29) is 5.91 Å². The summed E-state index contributed by atoms with van der Waals surface area (Å²) in [4.78, 5) is 34.2. The molecule has 0 radical (unpaired) electrons. The van der Waals surface area contributed by atoms with Crippen molar-refractivity contribution in [2.75, 3.05) is 13.1 Å². The Bertz CT molecular complexity index is 1140. The summed E-state index contributed by atoms with van der Waals surface area (Å²) in [6.45, 7) is 6.46. The number of aromatic nitrogens is 5. The molecule has 3 aromatic heterocycles. The average Bonchev–Trinajstić information content (AvgIpc) is 3.59. The minimum atomic E-state index is -0.0401. The summed E-state index contributed by atoms with van der Waals surface area (Å²) in [6, 6.07) is 11.8. The lowest BCUT2D eigenvalue weighted by molar-refractivity contribution is 0.0953. The molecule has 0 aliphatic rings. The molecule has 4 aromatic rings. The Labute approximate surface area is 211 Å². The highest BCUT2D eigenvalue weighted by Crippen LogP contribution is 2.12. The summed E-state index contributed by atoms with van der Waals surface area (Å²) in [6.07, 6.45) is 10.9. The predicted octanol–water partition coefficient (Wildman–Crippen LogP) is 3.34. The fourth-order valence-corrected chi connectivity index (χ4v) is 3.97. The molecule has 0 atom stereocenters. The van der Waals surface area contributed by atoms with Crippen molar-refractivity contribution >= 4 is 5.91 Å². The van der Waals surface area contributed by atoms with Gasteiger partial charge in [-0.2, -0.15) is 0 Å². The van der Waals surface area contributed by atoms with Gasteiger partial charge < -0.3 is 20.6 Å². The summed E-state index contributed by atoms with van der Waals surface area (Å²) in [5, 5.41) is 6.44. The van der Waals surface area contributed by atoms with Crippen LogP contribution in [0.15, 0.2) is 67.4 Å². The maximum absolute atomic E-state index is 12.5. The van der Waals surface area contributed by atoms with E-state index in [0.29, 0.717) is 31.7 Å². The van der Waals surface area contributed by atoms with Crippen molar-refractivity contribution in [3.05, 3.63) is 101 Å². The van der Waals surface area contributed by atoms with E-state index < -0.39 is 0 Å². The fraction of sp³-hybridized carbons (Fsp3) is 0.333. The van der Waals surface area contributed by atoms with Crippen LogP contribution in [-0.2, 0) is 26.2 Å². The van der Waals surface area contributed by atoms with Crippen molar-refractivity contribution in [1.29, 1.82) is 0 Å². The number of amides is 1. The Hall–Kier alpha value is -3.82. The number of nitrogens with one attached hydrogen (secondary N) is 4. The molecule has 0 saturated heterocycles. The zero-order valence-electron chi connectivity index (χ0n) is 20.7. The summed E-state index contributed by atoms with van der Waals surface area (Å²) in [5.74, 6) is 1.76. The van der Waals surface area contributed by atoms with E-state index in [1.165, 1.54) is 5.56 Å². The average molecular weight is 487 g/mol. The third kappa shape index (κ3) is 7.86. The Morgan fingerprint density at radius 3 is 2.19 bits per heavy atom. The van der Waals surface area contributed by atoms with Crippen LogP contribution in [0.2, 0.25) is 0 Å². The molecule has 0 bridgehead atoms. The van der Waals surface area contributed by atoms with Crippen LogP contribution in [0.3, 0.4) is 0 Å². The predicted molar refractivity (Wildman–Crippen MR) is 139 cm³/mol. The smallest absolute Gasteiger partial charge is 0.251 e. The molecule has 1 aromatic carbocycles. The van der Waals surface area contributed by atoms with Gasteiger partial charge in [0.15, 0.2) is 0 Å². The largest absolute Gasteiger partial charge is 0.352 e. The molecular weight excluding hydrogens is 452 g/mol. The van der Waals surface area contributed by atoms with E-state index >= 15 is 0 Å². The van der Waals surface area contributed by atoms with E-state index in [9.17, 15) is 4.79 Å². The number of unbranched alkanes of at least 4 members (excludes halogenated alkanes) is 1. The van der Waals surface area contributed by atoms with Crippen molar-refractivity contribution < 1.29 is 4.79 Å². The van der Waals surface area contributed by atoms with Gasteiger partial charge in [0.25, 0.3) is 5.91 Å². The van der Waals surface area contributed by atoms with Crippen LogP contribution >= 0.6 is 0 Å². The van der Waals surface area contributed by atoms with Crippen LogP contribution in [0.25, 0.3) is 0 Å². The van der Waals surface area contributed by atoms with Crippen LogP contribution < -0.4 is 10.6 Å². The Morgan fingerprint density at radius 2 is 1.56 bits per heavy atom. The molecule has 0 saturated carbocycles. The molecule has 0 fully saturated rings. The number of imidazole rings is 2. The normalized spacial score (nSPS) is 11.2. The van der Waals surface area contributed by atoms with Gasteiger partial charge in [0.1, 0.15) is 11.6 Å². The van der Waals surface area contributed by atoms with Gasteiger partial charge in [-0.1, -0.05) is 18.2 Å². The summed E-state index contributed by atoms with van der Waals surface area (Å²) in [5.41, 5.74) is 4.08. The number of pyridine rings is 1. The standard InChI is InChI=1S/C27H34N8O/c1-21-5-4-12-29-24(21)17-28-10-2-3-11-34-27(36)23-8-6-22(7-9-23)18-35(19-25-30-13-14-31-25)20-26-32-15-16-33-26/h4-9,12-16,28H,2-3,10-11,17-20H2,1H3,(H,30,31)(H,32,33)(H,34,36). The second-order valence-corrected chi connectivity index (χ2v) is 8.82. The van der Waals surface area contributed by atoms with E-state index in [1.54, 1.807) is 12.4 Å². The molecule has 4 N–H and O–H groups in total. The Kier molecular flexibility index (Phi) is 9.35. The van der Waals surface area contributed by atoms with E-state index in [1.807, 2.05) is 48.9 Å². The zero-order valence-corrected chi connectivity index (χ0v) is 20.7. The first-order valence-corrected chi connectivity index (χ1v) is 12.3. The number of hydrogen-bond donors (Lipinski definition) is 4. The lowest BCUT2D eigenvalue weighted by atomic mass is 10.1. The maximum atomic E-state index is 12.5. The summed E-state index contributed by atoms with van der Waals surface area (Å²) < 4.78 is 0. The van der Waals surface area contributed by atoms with Crippen LogP contribution in [0.4, 0.5) is 0 Å². The Morgan fingerprint density at radius 1 is 0.861 bits per heavy atom. The van der Waals surface area contributed by atoms with Crippen LogP contribution in [0, 0.1) is 6.92 Å². The summed E-state index contributed by atoms with van der Waals surface area (Å²) >= 11 is 0. The Balaban J connectivity index is 1.18. The number of nitrogens with zero attached hydrogens (tertiary/aromatic N) is 4. The lowest BCUT2D eigenvalue weighted by Crippen LogP contribution is -2.26. The molecule has 0 aliphatic carbocycles. The molecule has 4 rings (SSSR count). The van der Waals surface area contributed by atoms with Crippen LogP contribution in [0.5, 0.6) is 0 Å². The van der Waals surface area contributed by atoms with Crippen molar-refractivity contribution in [2.45, 2.75) is 45.9 Å². The number of rotatable bonds is 14. The van der Waals surface area contributed by atoms with Gasteiger partial charge >= 0.3 is 0 Å². The van der Waals surface area contributed by atoms with Gasteiger partial charge in [-0.25, -0.2) is 9.97 Å². The van der Waals surface area contributed by atoms with Crippen molar-refractivity contribution in [2.24, 2.45) is 0 Å². The highest BCUT2D eigenvalue weighted by Gasteiger charge is 2.12. The third-order valence-corrected chi connectivity index (χ3v) is 5.95. The highest BCUT2D eigenvalue weighted by molar-refractivity contribution is 5.94. The quantitative estimate of drug-likeness (QED) is 0.203. The molecule has 3 heterocycles. The highest BCUT2D eigenvalue weighted by atomic mass is 16.1. The first kappa shape index (κ1) is 25.3. The number of hydrogen-bond acceptors (Lipinski definition) is 6. The summed E-state index contributed by atoms with van der Waals surface area (Å²) in [7, 11) is 0. The van der Waals surface area contributed by atoms with Crippen LogP contribution in [-0.4, -0.2) is 48.8 Å². The van der Waals surface area contributed by atoms with Crippen molar-refractivity contribution in [3.63, 3.8) is 0 Å². The fourth-order valence-electron chi connectivity index (χ4n) is 3.97. The number of H-pyrrole nitrogens is 2. The van der Waals surface area contributed by atoms with Gasteiger partial charge in [-0.15, -0.1) is 0 Å². The third-order valence-electron chi connectivity index (χ3n) is 5.95. The molecule has 9 nitrogen and oxygen atoms in total. The number of benzene rings is 1. The van der Waals surface area contributed by atoms with Crippen LogP contribution in [0.1, 0.15) is 51.7 Å². The van der Waals surface area contributed by atoms with Gasteiger partial charge in [-0.05, 0) is 55.6 Å². The minimum absolute atomic E-state index is 0.0401. The molecule has 36 heavy (non-hydrogen) atoms. The second-order valence-electron chi connectivity index (χ2n) is 8.82. The molecule has 0 aliphatic heterocycles. The number of carbonyl (C=O) groups excluding carboxylic acids is 1. The van der Waals surface area contributed by atoms with Gasteiger partial charge in [0.2, 0.25) is 0 Å². The lowest BCUT2D eigenvalue weighted by Gasteiger charge is -2.20. The first-order valence-electron chi connectivity index (χ1n) is 12.3. The van der Waals surface area contributed by atoms with E-state index in [2.05, 4.69) is 53.4 Å². The monoisotopic (exact) mass is 486 g/mol. The van der Waals surface area contributed by atoms with Gasteiger partial charge in [0.05, 0.1) is 18.8 Å². The zero-order chi connectivity index (χ0) is 25.0.